The quantitative estimate of drug-likeness (QED) is 0.702. The second kappa shape index (κ2) is 2.99. The highest BCUT2D eigenvalue weighted by atomic mass is 16.7. The van der Waals surface area contributed by atoms with Crippen molar-refractivity contribution in [3.8, 4) is 11.5 Å². The van der Waals surface area contributed by atoms with Gasteiger partial charge in [0.2, 0.25) is 6.79 Å². The monoisotopic (exact) mass is 204 g/mol. The molecular weight excluding hydrogens is 192 g/mol. The molecule has 0 saturated carbocycles. The Morgan fingerprint density at radius 3 is 2.80 bits per heavy atom. The highest BCUT2D eigenvalue weighted by Gasteiger charge is 2.29. The zero-order valence-electron chi connectivity index (χ0n) is 8.58. The van der Waals surface area contributed by atoms with Gasteiger partial charge >= 0.3 is 0 Å². The summed E-state index contributed by atoms with van der Waals surface area (Å²) in [5.41, 5.74) is 2.37. The fraction of sp³-hybridized carbons (Fsp3) is 0.417. The maximum absolute atomic E-state index is 11.4. The van der Waals surface area contributed by atoms with Crippen molar-refractivity contribution in [2.45, 2.75) is 25.7 Å². The number of carbonyl (C=O) groups is 1. The van der Waals surface area contributed by atoms with Gasteiger partial charge < -0.3 is 9.47 Å². The lowest BCUT2D eigenvalue weighted by molar-refractivity contribution is -0.118. The van der Waals surface area contributed by atoms with E-state index in [1.807, 2.05) is 12.1 Å². The minimum Gasteiger partial charge on any atom is -0.454 e. The standard InChI is InChI=1S/C12H12O3/c1-7(13)9-3-2-8-4-11-12(5-10(8)9)15-6-14-11/h4-5,9H,2-3,6H2,1H3. The van der Waals surface area contributed by atoms with Gasteiger partial charge in [0.05, 0.1) is 0 Å². The second-order valence-corrected chi connectivity index (χ2v) is 4.11. The lowest BCUT2D eigenvalue weighted by atomic mass is 9.97. The molecule has 1 aromatic rings. The highest BCUT2D eigenvalue weighted by Crippen LogP contribution is 2.42. The average molecular weight is 204 g/mol. The molecule has 15 heavy (non-hydrogen) atoms. The molecule has 1 heterocycles. The molecule has 2 aliphatic rings. The Morgan fingerprint density at radius 2 is 2.07 bits per heavy atom. The van der Waals surface area contributed by atoms with E-state index >= 15 is 0 Å². The number of ether oxygens (including phenoxy) is 2. The Bertz CT molecular complexity index is 437. The summed E-state index contributed by atoms with van der Waals surface area (Å²) in [4.78, 5) is 11.4. The molecule has 0 fully saturated rings. The number of rotatable bonds is 1. The third-order valence-corrected chi connectivity index (χ3v) is 3.20. The van der Waals surface area contributed by atoms with Crippen molar-refractivity contribution in [3.05, 3.63) is 23.3 Å². The van der Waals surface area contributed by atoms with Crippen molar-refractivity contribution in [1.82, 2.24) is 0 Å². The van der Waals surface area contributed by atoms with Gasteiger partial charge in [-0.1, -0.05) is 0 Å². The molecule has 0 saturated heterocycles. The maximum atomic E-state index is 11.4. The molecule has 3 rings (SSSR count). The first-order valence-corrected chi connectivity index (χ1v) is 5.18. The first-order valence-electron chi connectivity index (χ1n) is 5.18. The van der Waals surface area contributed by atoms with Crippen LogP contribution in [-0.4, -0.2) is 12.6 Å². The smallest absolute Gasteiger partial charge is 0.231 e. The van der Waals surface area contributed by atoms with Gasteiger partial charge in [0.25, 0.3) is 0 Å². The molecule has 1 aliphatic carbocycles. The molecule has 0 N–H and O–H groups in total. The Balaban J connectivity index is 2.10. The van der Waals surface area contributed by atoms with Crippen LogP contribution in [0.4, 0.5) is 0 Å². The second-order valence-electron chi connectivity index (χ2n) is 4.11. The SMILES string of the molecule is CC(=O)C1CCc2cc3c(cc21)OCO3. The van der Waals surface area contributed by atoms with Crippen LogP contribution in [0.1, 0.15) is 30.4 Å². The summed E-state index contributed by atoms with van der Waals surface area (Å²) in [7, 11) is 0. The van der Waals surface area contributed by atoms with E-state index in [-0.39, 0.29) is 11.7 Å². The molecular formula is C12H12O3. The maximum Gasteiger partial charge on any atom is 0.231 e. The lowest BCUT2D eigenvalue weighted by Gasteiger charge is -2.07. The van der Waals surface area contributed by atoms with Gasteiger partial charge in [0.15, 0.2) is 11.5 Å². The molecule has 0 amide bonds. The minimum absolute atomic E-state index is 0.0644. The summed E-state index contributed by atoms with van der Waals surface area (Å²) >= 11 is 0. The van der Waals surface area contributed by atoms with Crippen molar-refractivity contribution in [2.75, 3.05) is 6.79 Å². The van der Waals surface area contributed by atoms with Crippen LogP contribution in [0.2, 0.25) is 0 Å². The van der Waals surface area contributed by atoms with E-state index in [4.69, 9.17) is 9.47 Å². The van der Waals surface area contributed by atoms with E-state index in [0.717, 1.165) is 29.9 Å². The van der Waals surface area contributed by atoms with E-state index in [2.05, 4.69) is 0 Å². The van der Waals surface area contributed by atoms with Gasteiger partial charge in [0, 0.05) is 5.92 Å². The van der Waals surface area contributed by atoms with Crippen LogP contribution in [0.25, 0.3) is 0 Å². The summed E-state index contributed by atoms with van der Waals surface area (Å²) in [6.45, 7) is 1.95. The van der Waals surface area contributed by atoms with Gasteiger partial charge in [-0.25, -0.2) is 0 Å². The molecule has 1 atom stereocenters. The molecule has 1 aromatic carbocycles. The van der Waals surface area contributed by atoms with Gasteiger partial charge in [-0.2, -0.15) is 0 Å². The van der Waals surface area contributed by atoms with Crippen molar-refractivity contribution in [2.24, 2.45) is 0 Å². The van der Waals surface area contributed by atoms with Crippen molar-refractivity contribution < 1.29 is 14.3 Å². The van der Waals surface area contributed by atoms with E-state index in [1.165, 1.54) is 5.56 Å². The molecule has 1 aliphatic heterocycles. The van der Waals surface area contributed by atoms with Crippen LogP contribution >= 0.6 is 0 Å². The average Bonchev–Trinajstić information content (AvgIpc) is 2.77. The van der Waals surface area contributed by atoms with Crippen LogP contribution < -0.4 is 9.47 Å². The molecule has 0 bridgehead atoms. The minimum atomic E-state index is 0.0644. The van der Waals surface area contributed by atoms with Crippen molar-refractivity contribution in [3.63, 3.8) is 0 Å². The predicted octanol–water partition coefficient (Wildman–Crippen LogP) is 2.03. The fourth-order valence-corrected chi connectivity index (χ4v) is 2.42. The van der Waals surface area contributed by atoms with Crippen LogP contribution in [0, 0.1) is 0 Å². The summed E-state index contributed by atoms with van der Waals surface area (Å²) < 4.78 is 10.6. The van der Waals surface area contributed by atoms with Crippen LogP contribution in [0.3, 0.4) is 0 Å². The molecule has 3 heteroatoms. The van der Waals surface area contributed by atoms with Crippen LogP contribution in [0.5, 0.6) is 11.5 Å². The van der Waals surface area contributed by atoms with Crippen LogP contribution in [-0.2, 0) is 11.2 Å². The first kappa shape index (κ1) is 8.77. The Hall–Kier alpha value is -1.51. The van der Waals surface area contributed by atoms with Gasteiger partial charge in [0.1, 0.15) is 5.78 Å². The predicted molar refractivity (Wildman–Crippen MR) is 54.3 cm³/mol. The summed E-state index contributed by atoms with van der Waals surface area (Å²) in [6, 6.07) is 3.98. The van der Waals surface area contributed by atoms with Gasteiger partial charge in [-0.3, -0.25) is 4.79 Å². The normalized spacial score (nSPS) is 21.5. The van der Waals surface area contributed by atoms with Crippen molar-refractivity contribution >= 4 is 5.78 Å². The molecule has 78 valence electrons. The van der Waals surface area contributed by atoms with E-state index in [1.54, 1.807) is 6.92 Å². The molecule has 1 unspecified atom stereocenters. The number of aryl methyl sites for hydroxylation is 1. The Morgan fingerprint density at radius 1 is 1.33 bits per heavy atom. The summed E-state index contributed by atoms with van der Waals surface area (Å²) in [5.74, 6) is 1.90. The zero-order chi connectivity index (χ0) is 10.4. The molecule has 0 spiro atoms. The van der Waals surface area contributed by atoms with Gasteiger partial charge in [-0.05, 0) is 43.0 Å². The number of hydrogen-bond donors (Lipinski definition) is 0. The van der Waals surface area contributed by atoms with Gasteiger partial charge in [-0.15, -0.1) is 0 Å². The third kappa shape index (κ3) is 1.23. The van der Waals surface area contributed by atoms with E-state index < -0.39 is 0 Å². The molecule has 3 nitrogen and oxygen atoms in total. The van der Waals surface area contributed by atoms with E-state index in [0.29, 0.717) is 6.79 Å². The highest BCUT2D eigenvalue weighted by molar-refractivity contribution is 5.85. The zero-order valence-corrected chi connectivity index (χ0v) is 8.58. The fourth-order valence-electron chi connectivity index (χ4n) is 2.42. The number of Topliss-reactive ketones (excluding diaryl/α,β-unsaturated/α-hetero) is 1. The topological polar surface area (TPSA) is 35.5 Å². The number of hydrogen-bond acceptors (Lipinski definition) is 3. The number of benzene rings is 1. The first-order chi connectivity index (χ1) is 7.25. The van der Waals surface area contributed by atoms with Crippen molar-refractivity contribution in [1.29, 1.82) is 0 Å². The summed E-state index contributed by atoms with van der Waals surface area (Å²) in [6.07, 6.45) is 1.89. The van der Waals surface area contributed by atoms with Crippen LogP contribution in [0.15, 0.2) is 12.1 Å². The molecule has 0 radical (unpaired) electrons. The number of fused-ring (bicyclic) bond motifs is 2. The van der Waals surface area contributed by atoms with E-state index in [9.17, 15) is 4.79 Å². The number of ketones is 1. The molecule has 0 aromatic heterocycles. The Kier molecular flexibility index (Phi) is 1.75. The largest absolute Gasteiger partial charge is 0.454 e. The summed E-state index contributed by atoms with van der Waals surface area (Å²) in [5, 5.41) is 0. The number of carbonyl (C=O) groups excluding carboxylic acids is 1. The lowest BCUT2D eigenvalue weighted by Crippen LogP contribution is -2.04. The Labute approximate surface area is 88.0 Å². The third-order valence-electron chi connectivity index (χ3n) is 3.20.